The lowest BCUT2D eigenvalue weighted by atomic mass is 9.75. The van der Waals surface area contributed by atoms with Gasteiger partial charge in [-0.25, -0.2) is 0 Å². The molecule has 196 valence electrons. The van der Waals surface area contributed by atoms with Crippen LogP contribution in [0.15, 0.2) is 24.3 Å². The first kappa shape index (κ1) is 26.4. The molecule has 0 aliphatic heterocycles. The number of aromatic amines is 1. The second-order valence-electron chi connectivity index (χ2n) is 11.9. The van der Waals surface area contributed by atoms with Crippen molar-refractivity contribution in [2.75, 3.05) is 14.1 Å². The van der Waals surface area contributed by atoms with E-state index in [1.807, 2.05) is 33.2 Å². The van der Waals surface area contributed by atoms with Crippen LogP contribution in [0.2, 0.25) is 0 Å². The van der Waals surface area contributed by atoms with Crippen LogP contribution in [0.1, 0.15) is 90.5 Å². The smallest absolute Gasteiger partial charge is 0.268 e. The van der Waals surface area contributed by atoms with Crippen molar-refractivity contribution < 1.29 is 14.7 Å². The Labute approximate surface area is 215 Å². The Morgan fingerprint density at radius 3 is 2.47 bits per heavy atom. The number of nitrogens with zero attached hydrogens (tertiary/aromatic N) is 1. The Bertz CT molecular complexity index is 1080. The van der Waals surface area contributed by atoms with E-state index in [2.05, 4.69) is 46.5 Å². The van der Waals surface area contributed by atoms with Gasteiger partial charge in [0, 0.05) is 24.3 Å². The average Bonchev–Trinajstić information content (AvgIpc) is 3.56. The van der Waals surface area contributed by atoms with Crippen LogP contribution in [0.4, 0.5) is 0 Å². The molecular weight excluding hydrogens is 452 g/mol. The summed E-state index contributed by atoms with van der Waals surface area (Å²) in [6.45, 7) is 7.43. The fraction of sp³-hybridized carbons (Fsp3) is 0.586. The van der Waals surface area contributed by atoms with Gasteiger partial charge in [0.15, 0.2) is 0 Å². The highest BCUT2D eigenvalue weighted by molar-refractivity contribution is 5.97. The highest BCUT2D eigenvalue weighted by Crippen LogP contribution is 2.42. The number of nitrogens with one attached hydrogen (secondary N) is 3. The molecule has 0 saturated heterocycles. The summed E-state index contributed by atoms with van der Waals surface area (Å²) in [7, 11) is 4.08. The minimum atomic E-state index is -0.591. The number of aliphatic hydroxyl groups is 1. The van der Waals surface area contributed by atoms with Gasteiger partial charge >= 0.3 is 0 Å². The molecule has 1 fully saturated rings. The van der Waals surface area contributed by atoms with Gasteiger partial charge in [0.2, 0.25) is 5.91 Å². The van der Waals surface area contributed by atoms with Crippen molar-refractivity contribution in [2.24, 2.45) is 11.3 Å². The standard InChI is InChI=1S/C29H42N4O3/c1-18-25-23(14-29(2,3)15-24(25)34)31-26(18)28(36)32-22(13-12-19-6-7-19)27(35)30-16-20-8-10-21(11-9-20)17-33(4)5/h8-11,19,22,24,31,34H,6-7,12-17H2,1-5H3,(H,30,35)(H,32,36). The summed E-state index contributed by atoms with van der Waals surface area (Å²) in [5.41, 5.74) is 5.23. The molecule has 7 nitrogen and oxygen atoms in total. The number of carbonyl (C=O) groups is 2. The maximum Gasteiger partial charge on any atom is 0.268 e. The first-order chi connectivity index (χ1) is 17.0. The largest absolute Gasteiger partial charge is 0.388 e. The molecule has 4 rings (SSSR count). The Hall–Kier alpha value is -2.64. The lowest BCUT2D eigenvalue weighted by Gasteiger charge is -2.33. The van der Waals surface area contributed by atoms with Gasteiger partial charge in [-0.05, 0) is 74.7 Å². The van der Waals surface area contributed by atoms with E-state index in [-0.39, 0.29) is 17.2 Å². The topological polar surface area (TPSA) is 97.5 Å². The van der Waals surface area contributed by atoms with Crippen LogP contribution in [0.25, 0.3) is 0 Å². The Balaban J connectivity index is 1.42. The second-order valence-corrected chi connectivity index (χ2v) is 11.9. The van der Waals surface area contributed by atoms with Crippen molar-refractivity contribution in [1.29, 1.82) is 0 Å². The maximum atomic E-state index is 13.3. The quantitative estimate of drug-likeness (QED) is 0.401. The Morgan fingerprint density at radius 2 is 1.83 bits per heavy atom. The van der Waals surface area contributed by atoms with Crippen LogP contribution in [0, 0.1) is 18.3 Å². The first-order valence-corrected chi connectivity index (χ1v) is 13.2. The molecule has 0 bridgehead atoms. The summed E-state index contributed by atoms with van der Waals surface area (Å²) in [6.07, 6.45) is 4.84. The molecule has 1 aromatic heterocycles. The van der Waals surface area contributed by atoms with E-state index in [1.165, 1.54) is 18.4 Å². The van der Waals surface area contributed by atoms with Gasteiger partial charge in [-0.3, -0.25) is 9.59 Å². The zero-order chi connectivity index (χ0) is 26.0. The van der Waals surface area contributed by atoms with Crippen molar-refractivity contribution >= 4 is 11.8 Å². The number of fused-ring (bicyclic) bond motifs is 1. The third-order valence-electron chi connectivity index (χ3n) is 7.51. The number of H-pyrrole nitrogens is 1. The zero-order valence-corrected chi connectivity index (χ0v) is 22.4. The molecular formula is C29H42N4O3. The van der Waals surface area contributed by atoms with Crippen LogP contribution in [-0.4, -0.2) is 46.9 Å². The fourth-order valence-electron chi connectivity index (χ4n) is 5.41. The van der Waals surface area contributed by atoms with Crippen molar-refractivity contribution in [2.45, 2.75) is 84.5 Å². The fourth-order valence-corrected chi connectivity index (χ4v) is 5.41. The van der Waals surface area contributed by atoms with Crippen molar-refractivity contribution in [3.05, 3.63) is 57.9 Å². The van der Waals surface area contributed by atoms with Crippen LogP contribution < -0.4 is 10.6 Å². The first-order valence-electron chi connectivity index (χ1n) is 13.2. The SMILES string of the molecule is Cc1c(C(=O)NC(CCC2CC2)C(=O)NCc2ccc(CN(C)C)cc2)[nH]c2c1C(O)CC(C)(C)C2. The van der Waals surface area contributed by atoms with Gasteiger partial charge in [0.05, 0.1) is 6.10 Å². The van der Waals surface area contributed by atoms with Gasteiger partial charge in [-0.15, -0.1) is 0 Å². The molecule has 0 spiro atoms. The summed E-state index contributed by atoms with van der Waals surface area (Å²) >= 11 is 0. The highest BCUT2D eigenvalue weighted by atomic mass is 16.3. The van der Waals surface area contributed by atoms with E-state index < -0.39 is 12.1 Å². The van der Waals surface area contributed by atoms with E-state index in [0.29, 0.717) is 31.0 Å². The number of aromatic nitrogens is 1. The number of amides is 2. The van der Waals surface area contributed by atoms with Gasteiger partial charge < -0.3 is 25.6 Å². The van der Waals surface area contributed by atoms with E-state index in [1.54, 1.807) is 0 Å². The van der Waals surface area contributed by atoms with Crippen LogP contribution >= 0.6 is 0 Å². The summed E-state index contributed by atoms with van der Waals surface area (Å²) < 4.78 is 0. The molecule has 36 heavy (non-hydrogen) atoms. The van der Waals surface area contributed by atoms with Crippen LogP contribution in [0.5, 0.6) is 0 Å². The lowest BCUT2D eigenvalue weighted by molar-refractivity contribution is -0.123. The third-order valence-corrected chi connectivity index (χ3v) is 7.51. The highest BCUT2D eigenvalue weighted by Gasteiger charge is 2.36. The van der Waals surface area contributed by atoms with E-state index >= 15 is 0 Å². The summed E-state index contributed by atoms with van der Waals surface area (Å²) in [5.74, 6) is 0.228. The molecule has 2 unspecified atom stereocenters. The molecule has 2 amide bonds. The van der Waals surface area contributed by atoms with Crippen molar-refractivity contribution in [3.8, 4) is 0 Å². The van der Waals surface area contributed by atoms with Crippen molar-refractivity contribution in [1.82, 2.24) is 20.5 Å². The number of aliphatic hydroxyl groups excluding tert-OH is 1. The van der Waals surface area contributed by atoms with Gasteiger partial charge in [0.1, 0.15) is 11.7 Å². The lowest BCUT2D eigenvalue weighted by Crippen LogP contribution is -2.46. The van der Waals surface area contributed by atoms with Gasteiger partial charge in [0.25, 0.3) is 5.91 Å². The predicted octanol–water partition coefficient (Wildman–Crippen LogP) is 4.00. The van der Waals surface area contributed by atoms with E-state index in [0.717, 1.165) is 41.8 Å². The summed E-state index contributed by atoms with van der Waals surface area (Å²) in [6, 6.07) is 7.65. The number of carbonyl (C=O) groups excluding carboxylic acids is 2. The molecule has 2 aromatic rings. The molecule has 1 aromatic carbocycles. The number of rotatable bonds is 10. The minimum Gasteiger partial charge on any atom is -0.388 e. The number of hydrogen-bond donors (Lipinski definition) is 4. The maximum absolute atomic E-state index is 13.3. The minimum absolute atomic E-state index is 0.0329. The summed E-state index contributed by atoms with van der Waals surface area (Å²) in [4.78, 5) is 31.9. The Morgan fingerprint density at radius 1 is 1.17 bits per heavy atom. The number of benzene rings is 1. The van der Waals surface area contributed by atoms with E-state index in [9.17, 15) is 14.7 Å². The molecule has 4 N–H and O–H groups in total. The second kappa shape index (κ2) is 10.8. The zero-order valence-electron chi connectivity index (χ0n) is 22.4. The third kappa shape index (κ3) is 6.56. The molecule has 2 aliphatic rings. The molecule has 1 saturated carbocycles. The normalized spacial score (nSPS) is 19.6. The van der Waals surface area contributed by atoms with Gasteiger partial charge in [-0.2, -0.15) is 0 Å². The monoisotopic (exact) mass is 494 g/mol. The van der Waals surface area contributed by atoms with Crippen LogP contribution in [-0.2, 0) is 24.3 Å². The molecule has 1 heterocycles. The molecule has 2 atom stereocenters. The number of hydrogen-bond acceptors (Lipinski definition) is 4. The summed E-state index contributed by atoms with van der Waals surface area (Å²) in [5, 5.41) is 16.7. The molecule has 2 aliphatic carbocycles. The van der Waals surface area contributed by atoms with Crippen molar-refractivity contribution in [3.63, 3.8) is 0 Å². The van der Waals surface area contributed by atoms with Gasteiger partial charge in [-0.1, -0.05) is 51.0 Å². The van der Waals surface area contributed by atoms with E-state index in [4.69, 9.17) is 0 Å². The van der Waals surface area contributed by atoms with Crippen LogP contribution in [0.3, 0.4) is 0 Å². The average molecular weight is 495 g/mol. The Kier molecular flexibility index (Phi) is 7.90. The predicted molar refractivity (Wildman–Crippen MR) is 141 cm³/mol. The molecule has 7 heteroatoms. The molecule has 0 radical (unpaired) electrons.